The van der Waals surface area contributed by atoms with Gasteiger partial charge in [-0.2, -0.15) is 0 Å². The molecule has 5 heteroatoms. The fraction of sp³-hybridized carbons (Fsp3) is 0.611. The highest BCUT2D eigenvalue weighted by Crippen LogP contribution is 2.15. The third kappa shape index (κ3) is 8.01. The van der Waals surface area contributed by atoms with Gasteiger partial charge in [0.15, 0.2) is 5.96 Å². The first-order chi connectivity index (χ1) is 10.8. The summed E-state index contributed by atoms with van der Waals surface area (Å²) in [6.07, 6.45) is 3.56. The molecule has 0 amide bonds. The number of nitrogens with zero attached hydrogens (tertiary/aromatic N) is 2. The number of hydrogen-bond donors (Lipinski definition) is 2. The molecule has 2 N–H and O–H groups in total. The number of nitrogens with one attached hydrogen (secondary N) is 2. The molecule has 1 aliphatic heterocycles. The fourth-order valence-electron chi connectivity index (χ4n) is 2.78. The van der Waals surface area contributed by atoms with Gasteiger partial charge in [0.05, 0.1) is 0 Å². The Morgan fingerprint density at radius 1 is 1.17 bits per heavy atom. The van der Waals surface area contributed by atoms with Crippen LogP contribution in [-0.2, 0) is 6.42 Å². The lowest BCUT2D eigenvalue weighted by molar-refractivity contribution is 0.223. The predicted molar refractivity (Wildman–Crippen MR) is 110 cm³/mol. The van der Waals surface area contributed by atoms with Crippen molar-refractivity contribution < 1.29 is 0 Å². The molecule has 130 valence electrons. The molecule has 0 spiro atoms. The van der Waals surface area contributed by atoms with E-state index in [4.69, 9.17) is 4.99 Å². The monoisotopic (exact) mass is 430 g/mol. The molecule has 0 unspecified atom stereocenters. The van der Waals surface area contributed by atoms with Crippen LogP contribution in [0.1, 0.15) is 25.3 Å². The summed E-state index contributed by atoms with van der Waals surface area (Å²) < 4.78 is 0. The molecule has 0 radical (unpaired) electrons. The lowest BCUT2D eigenvalue weighted by Crippen LogP contribution is -2.39. The van der Waals surface area contributed by atoms with Crippen molar-refractivity contribution in [2.45, 2.75) is 26.2 Å². The van der Waals surface area contributed by atoms with E-state index < -0.39 is 0 Å². The van der Waals surface area contributed by atoms with E-state index in [2.05, 4.69) is 59.8 Å². The molecular weight excluding hydrogens is 399 g/mol. The first kappa shape index (κ1) is 20.2. The minimum Gasteiger partial charge on any atom is -0.357 e. The van der Waals surface area contributed by atoms with Crippen LogP contribution in [0.15, 0.2) is 35.3 Å². The van der Waals surface area contributed by atoms with Crippen LogP contribution in [0.3, 0.4) is 0 Å². The summed E-state index contributed by atoms with van der Waals surface area (Å²) in [6.45, 7) is 7.29. The van der Waals surface area contributed by atoms with Crippen molar-refractivity contribution in [2.75, 3.05) is 39.8 Å². The van der Waals surface area contributed by atoms with Crippen molar-refractivity contribution in [2.24, 2.45) is 10.9 Å². The smallest absolute Gasteiger partial charge is 0.191 e. The molecule has 1 fully saturated rings. The highest BCUT2D eigenvalue weighted by molar-refractivity contribution is 14.0. The normalized spacial score (nSPS) is 16.7. The second-order valence-corrected chi connectivity index (χ2v) is 6.13. The lowest BCUT2D eigenvalue weighted by atomic mass is 9.97. The zero-order valence-electron chi connectivity index (χ0n) is 14.4. The Morgan fingerprint density at radius 2 is 1.87 bits per heavy atom. The van der Waals surface area contributed by atoms with Gasteiger partial charge in [0.25, 0.3) is 0 Å². The molecule has 1 aliphatic rings. The Labute approximate surface area is 158 Å². The topological polar surface area (TPSA) is 39.7 Å². The van der Waals surface area contributed by atoms with Gasteiger partial charge in [-0.15, -0.1) is 24.0 Å². The summed E-state index contributed by atoms with van der Waals surface area (Å²) in [7, 11) is 2.20. The lowest BCUT2D eigenvalue weighted by Gasteiger charge is -2.28. The third-order valence-corrected chi connectivity index (χ3v) is 4.24. The van der Waals surface area contributed by atoms with Crippen LogP contribution in [0.2, 0.25) is 0 Å². The van der Waals surface area contributed by atoms with Crippen LogP contribution in [0, 0.1) is 5.92 Å². The highest BCUT2D eigenvalue weighted by Gasteiger charge is 2.16. The van der Waals surface area contributed by atoms with Crippen LogP contribution in [-0.4, -0.2) is 50.6 Å². The van der Waals surface area contributed by atoms with E-state index in [-0.39, 0.29) is 24.0 Å². The van der Waals surface area contributed by atoms with Crippen LogP contribution in [0.5, 0.6) is 0 Å². The number of aliphatic imine (C=N–C) groups is 1. The number of rotatable bonds is 6. The van der Waals surface area contributed by atoms with Crippen LogP contribution in [0.25, 0.3) is 0 Å². The zero-order chi connectivity index (χ0) is 15.6. The third-order valence-electron chi connectivity index (χ3n) is 4.24. The van der Waals surface area contributed by atoms with Crippen LogP contribution >= 0.6 is 24.0 Å². The molecule has 2 rings (SSSR count). The van der Waals surface area contributed by atoms with E-state index in [0.717, 1.165) is 37.9 Å². The number of piperidine rings is 1. The number of benzene rings is 1. The van der Waals surface area contributed by atoms with Gasteiger partial charge in [-0.05, 0) is 57.8 Å². The van der Waals surface area contributed by atoms with Gasteiger partial charge in [-0.25, -0.2) is 0 Å². The predicted octanol–water partition coefficient (Wildman–Crippen LogP) is 2.74. The summed E-state index contributed by atoms with van der Waals surface area (Å²) >= 11 is 0. The quantitative estimate of drug-likeness (QED) is 0.414. The number of halogens is 1. The fourth-order valence-corrected chi connectivity index (χ4v) is 2.78. The molecule has 1 aromatic rings. The standard InChI is InChI=1S/C18H30N4.HI/c1-3-19-18(20-12-9-16-7-5-4-6-8-16)21-15-17-10-13-22(2)14-11-17;/h4-8,17H,3,9-15H2,1-2H3,(H2,19,20,21);1H. The Hall–Kier alpha value is -0.820. The Balaban J connectivity index is 0.00000264. The van der Waals surface area contributed by atoms with Gasteiger partial charge in [0.1, 0.15) is 0 Å². The zero-order valence-corrected chi connectivity index (χ0v) is 16.8. The largest absolute Gasteiger partial charge is 0.357 e. The van der Waals surface area contributed by atoms with Crippen molar-refractivity contribution in [1.29, 1.82) is 0 Å². The summed E-state index contributed by atoms with van der Waals surface area (Å²) in [5.41, 5.74) is 1.36. The molecule has 0 aliphatic carbocycles. The summed E-state index contributed by atoms with van der Waals surface area (Å²) in [6, 6.07) is 10.6. The summed E-state index contributed by atoms with van der Waals surface area (Å²) in [5, 5.41) is 6.79. The number of hydrogen-bond acceptors (Lipinski definition) is 2. The first-order valence-electron chi connectivity index (χ1n) is 8.52. The SMILES string of the molecule is CCNC(=NCC1CCN(C)CC1)NCCc1ccccc1.I. The molecule has 0 saturated carbocycles. The molecule has 0 aromatic heterocycles. The average Bonchev–Trinajstić information content (AvgIpc) is 2.55. The second-order valence-electron chi connectivity index (χ2n) is 6.13. The Kier molecular flexibility index (Phi) is 10.3. The van der Waals surface area contributed by atoms with Crippen LogP contribution < -0.4 is 10.6 Å². The average molecular weight is 430 g/mol. The Morgan fingerprint density at radius 3 is 2.52 bits per heavy atom. The molecule has 1 aromatic carbocycles. The van der Waals surface area contributed by atoms with Crippen molar-refractivity contribution in [3.05, 3.63) is 35.9 Å². The number of likely N-dealkylation sites (tertiary alicyclic amines) is 1. The Bertz CT molecular complexity index is 442. The van der Waals surface area contributed by atoms with Crippen molar-refractivity contribution in [3.63, 3.8) is 0 Å². The van der Waals surface area contributed by atoms with Gasteiger partial charge >= 0.3 is 0 Å². The second kappa shape index (κ2) is 11.7. The maximum atomic E-state index is 4.77. The number of guanidine groups is 1. The molecule has 1 saturated heterocycles. The van der Waals surface area contributed by atoms with Crippen LogP contribution in [0.4, 0.5) is 0 Å². The molecule has 0 atom stereocenters. The van der Waals surface area contributed by atoms with Crippen molar-refractivity contribution >= 4 is 29.9 Å². The van der Waals surface area contributed by atoms with Gasteiger partial charge in [0.2, 0.25) is 0 Å². The maximum absolute atomic E-state index is 4.77. The minimum absolute atomic E-state index is 0. The molecule has 0 bridgehead atoms. The summed E-state index contributed by atoms with van der Waals surface area (Å²) in [5.74, 6) is 1.69. The van der Waals surface area contributed by atoms with Gasteiger partial charge in [0, 0.05) is 19.6 Å². The maximum Gasteiger partial charge on any atom is 0.191 e. The minimum atomic E-state index is 0. The summed E-state index contributed by atoms with van der Waals surface area (Å²) in [4.78, 5) is 7.18. The molecular formula is C18H31IN4. The van der Waals surface area contributed by atoms with Crippen molar-refractivity contribution in [3.8, 4) is 0 Å². The van der Waals surface area contributed by atoms with E-state index in [1.807, 2.05) is 0 Å². The van der Waals surface area contributed by atoms with E-state index in [1.54, 1.807) is 0 Å². The van der Waals surface area contributed by atoms with Gasteiger partial charge in [-0.3, -0.25) is 4.99 Å². The van der Waals surface area contributed by atoms with Gasteiger partial charge in [-0.1, -0.05) is 30.3 Å². The van der Waals surface area contributed by atoms with E-state index in [1.165, 1.54) is 31.5 Å². The molecule has 4 nitrogen and oxygen atoms in total. The van der Waals surface area contributed by atoms with E-state index >= 15 is 0 Å². The van der Waals surface area contributed by atoms with E-state index in [0.29, 0.717) is 0 Å². The van der Waals surface area contributed by atoms with Gasteiger partial charge < -0.3 is 15.5 Å². The molecule has 23 heavy (non-hydrogen) atoms. The van der Waals surface area contributed by atoms with Crippen molar-refractivity contribution in [1.82, 2.24) is 15.5 Å². The first-order valence-corrected chi connectivity index (χ1v) is 8.52. The highest BCUT2D eigenvalue weighted by atomic mass is 127. The molecule has 1 heterocycles. The van der Waals surface area contributed by atoms with E-state index in [9.17, 15) is 0 Å².